The Bertz CT molecular complexity index is 692. The molecule has 0 saturated heterocycles. The van der Waals surface area contributed by atoms with Gasteiger partial charge in [0.15, 0.2) is 0 Å². The second-order valence-electron chi connectivity index (χ2n) is 5.57. The largest absolute Gasteiger partial charge is 0.460 e. The summed E-state index contributed by atoms with van der Waals surface area (Å²) in [4.78, 5) is 10.6. The molecule has 184 valence electrons. The maximum Gasteiger partial charge on any atom is 0.460 e. The first-order chi connectivity index (χ1) is 13.2. The highest BCUT2D eigenvalue weighted by Crippen LogP contribution is 2.63. The van der Waals surface area contributed by atoms with Crippen molar-refractivity contribution in [2.45, 2.75) is 47.6 Å². The number of nitrogens with one attached hydrogen (secondary N) is 1. The second kappa shape index (κ2) is 7.56. The van der Waals surface area contributed by atoms with Gasteiger partial charge in [-0.1, -0.05) is 6.58 Å². The molecule has 0 saturated carbocycles. The van der Waals surface area contributed by atoms with Gasteiger partial charge in [-0.05, 0) is 6.08 Å². The maximum atomic E-state index is 13.3. The fraction of sp³-hybridized carbons (Fsp3) is 0.750. The highest BCUT2D eigenvalue weighted by Gasteiger charge is 2.95. The van der Waals surface area contributed by atoms with E-state index in [9.17, 15) is 79.4 Å². The van der Waals surface area contributed by atoms with E-state index in [1.165, 1.54) is 0 Å². The van der Waals surface area contributed by atoms with Crippen LogP contribution in [0.15, 0.2) is 12.7 Å². The lowest BCUT2D eigenvalue weighted by Crippen LogP contribution is -2.75. The van der Waals surface area contributed by atoms with Crippen molar-refractivity contribution in [1.82, 2.24) is 5.32 Å². The van der Waals surface area contributed by atoms with Gasteiger partial charge in [0, 0.05) is 0 Å². The van der Waals surface area contributed by atoms with Gasteiger partial charge in [0.05, 0.1) is 6.54 Å². The molecule has 0 heterocycles. The second-order valence-corrected chi connectivity index (χ2v) is 5.57. The van der Waals surface area contributed by atoms with Gasteiger partial charge in [-0.2, -0.15) is 74.6 Å². The monoisotopic (exact) mass is 503 g/mol. The predicted molar refractivity (Wildman–Crippen MR) is 63.9 cm³/mol. The summed E-state index contributed by atoms with van der Waals surface area (Å²) >= 11 is 0. The van der Waals surface area contributed by atoms with Crippen LogP contribution in [-0.4, -0.2) is 60.1 Å². The van der Waals surface area contributed by atoms with Crippen LogP contribution in [-0.2, 0) is 4.79 Å². The number of hydrogen-bond donors (Lipinski definition) is 1. The number of halogens is 17. The normalized spacial score (nSPS) is 15.6. The van der Waals surface area contributed by atoms with Crippen LogP contribution in [0.3, 0.4) is 0 Å². The van der Waals surface area contributed by atoms with E-state index < -0.39 is 60.1 Å². The van der Waals surface area contributed by atoms with Crippen molar-refractivity contribution in [3.05, 3.63) is 12.7 Å². The van der Waals surface area contributed by atoms with E-state index in [1.807, 2.05) is 0 Å². The average Bonchev–Trinajstić information content (AvgIpc) is 2.57. The molecule has 0 fully saturated rings. The van der Waals surface area contributed by atoms with E-state index in [0.717, 1.165) is 0 Å². The predicted octanol–water partition coefficient (Wildman–Crippen LogP) is 5.30. The van der Waals surface area contributed by atoms with Crippen molar-refractivity contribution in [3.8, 4) is 0 Å². The van der Waals surface area contributed by atoms with Crippen LogP contribution in [0.4, 0.5) is 74.6 Å². The summed E-state index contributed by atoms with van der Waals surface area (Å²) in [6.45, 7) is -0.475. The molecule has 0 unspecified atom stereocenters. The molecule has 0 aromatic heterocycles. The summed E-state index contributed by atoms with van der Waals surface area (Å²) in [6.07, 6.45) is -7.76. The van der Waals surface area contributed by atoms with Gasteiger partial charge in [-0.25, -0.2) is 0 Å². The lowest BCUT2D eigenvalue weighted by Gasteiger charge is -2.42. The number of alkyl halides is 17. The molecule has 31 heavy (non-hydrogen) atoms. The molecule has 0 aliphatic rings. The fourth-order valence-corrected chi connectivity index (χ4v) is 1.58. The van der Waals surface area contributed by atoms with Gasteiger partial charge in [0.25, 0.3) is 0 Å². The Balaban J connectivity index is 6.55. The molecular weight excluding hydrogens is 497 g/mol. The highest BCUT2D eigenvalue weighted by molar-refractivity contribution is 5.86. The standard InChI is InChI=1S/C12H6F17NO/c1-2-4(31)30-3-5(13,14)6(15,16)7(17,18)8(19,20)9(21,22)10(23,24)11(25,26)12(27,28)29/h2H,1,3H2,(H,30,31). The lowest BCUT2D eigenvalue weighted by molar-refractivity contribution is -0.461. The molecular formula is C12H6F17NO. The van der Waals surface area contributed by atoms with Crippen molar-refractivity contribution < 1.29 is 79.4 Å². The van der Waals surface area contributed by atoms with Crippen molar-refractivity contribution >= 4 is 5.91 Å². The first-order valence-corrected chi connectivity index (χ1v) is 6.82. The van der Waals surface area contributed by atoms with E-state index in [4.69, 9.17) is 0 Å². The first-order valence-electron chi connectivity index (χ1n) is 6.82. The number of carbonyl (C=O) groups is 1. The Labute approximate surface area is 159 Å². The van der Waals surface area contributed by atoms with Crippen LogP contribution in [0.2, 0.25) is 0 Å². The summed E-state index contributed by atoms with van der Waals surface area (Å²) in [5.41, 5.74) is 0. The molecule has 0 aromatic carbocycles. The minimum Gasteiger partial charge on any atom is -0.346 e. The van der Waals surface area contributed by atoms with Crippen LogP contribution in [0.5, 0.6) is 0 Å². The summed E-state index contributed by atoms with van der Waals surface area (Å²) < 4.78 is 219. The molecule has 1 amide bonds. The Hall–Kier alpha value is -1.98. The van der Waals surface area contributed by atoms with Gasteiger partial charge in [-0.3, -0.25) is 4.79 Å². The summed E-state index contributed by atoms with van der Waals surface area (Å²) in [5, 5.41) is 0.646. The molecule has 1 N–H and O–H groups in total. The molecule has 0 atom stereocenters. The lowest BCUT2D eigenvalue weighted by atomic mass is 9.89. The van der Waals surface area contributed by atoms with E-state index in [0.29, 0.717) is 5.32 Å². The van der Waals surface area contributed by atoms with Crippen LogP contribution in [0, 0.1) is 0 Å². The summed E-state index contributed by atoms with van der Waals surface area (Å²) in [7, 11) is 0. The van der Waals surface area contributed by atoms with Crippen molar-refractivity contribution in [2.75, 3.05) is 6.54 Å². The summed E-state index contributed by atoms with van der Waals surface area (Å²) in [5.74, 6) is -58.7. The maximum absolute atomic E-state index is 13.3. The van der Waals surface area contributed by atoms with Crippen LogP contribution in [0.1, 0.15) is 0 Å². The zero-order valence-electron chi connectivity index (χ0n) is 13.8. The number of rotatable bonds is 9. The Morgan fingerprint density at radius 1 is 0.581 bits per heavy atom. The minimum atomic E-state index is -8.67. The van der Waals surface area contributed by atoms with E-state index >= 15 is 0 Å². The zero-order valence-corrected chi connectivity index (χ0v) is 13.8. The third-order valence-corrected chi connectivity index (χ3v) is 3.46. The quantitative estimate of drug-likeness (QED) is 0.336. The molecule has 2 nitrogen and oxygen atoms in total. The number of hydrogen-bond acceptors (Lipinski definition) is 1. The smallest absolute Gasteiger partial charge is 0.346 e. The Morgan fingerprint density at radius 2 is 0.871 bits per heavy atom. The average molecular weight is 503 g/mol. The molecule has 0 rings (SSSR count). The number of amides is 1. The van der Waals surface area contributed by atoms with E-state index in [1.54, 1.807) is 0 Å². The van der Waals surface area contributed by atoms with E-state index in [2.05, 4.69) is 6.58 Å². The topological polar surface area (TPSA) is 29.1 Å². The summed E-state index contributed by atoms with van der Waals surface area (Å²) in [6, 6.07) is 0. The van der Waals surface area contributed by atoms with Gasteiger partial charge in [0.2, 0.25) is 5.91 Å². The third-order valence-electron chi connectivity index (χ3n) is 3.46. The molecule has 0 bridgehead atoms. The van der Waals surface area contributed by atoms with Crippen molar-refractivity contribution in [1.29, 1.82) is 0 Å². The number of carbonyl (C=O) groups excluding carboxylic acids is 1. The van der Waals surface area contributed by atoms with Crippen LogP contribution >= 0.6 is 0 Å². The fourth-order valence-electron chi connectivity index (χ4n) is 1.58. The molecule has 0 aliphatic carbocycles. The van der Waals surface area contributed by atoms with Gasteiger partial charge in [0.1, 0.15) is 0 Å². The molecule has 0 aliphatic heterocycles. The first kappa shape index (κ1) is 29.0. The van der Waals surface area contributed by atoms with Gasteiger partial charge >= 0.3 is 47.6 Å². The molecule has 19 heteroatoms. The Morgan fingerprint density at radius 3 is 1.16 bits per heavy atom. The molecule has 0 radical (unpaired) electrons. The van der Waals surface area contributed by atoms with Crippen molar-refractivity contribution in [2.24, 2.45) is 0 Å². The SMILES string of the molecule is C=CC(=O)NCC(F)(F)C(F)(F)C(F)(F)C(F)(F)C(F)(F)C(F)(F)C(F)(F)C(F)(F)F. The molecule has 0 spiro atoms. The van der Waals surface area contributed by atoms with Gasteiger partial charge < -0.3 is 5.32 Å². The Kier molecular flexibility index (Phi) is 7.08. The van der Waals surface area contributed by atoms with Crippen LogP contribution < -0.4 is 5.32 Å². The zero-order chi connectivity index (χ0) is 25.7. The third kappa shape index (κ3) is 3.98. The minimum absolute atomic E-state index is 0.0366. The van der Waals surface area contributed by atoms with E-state index in [-0.39, 0.29) is 6.08 Å². The highest BCUT2D eigenvalue weighted by atomic mass is 19.4. The van der Waals surface area contributed by atoms with Crippen molar-refractivity contribution in [3.63, 3.8) is 0 Å². The van der Waals surface area contributed by atoms with Crippen LogP contribution in [0.25, 0.3) is 0 Å². The molecule has 0 aromatic rings. The van der Waals surface area contributed by atoms with Gasteiger partial charge in [-0.15, -0.1) is 0 Å².